The van der Waals surface area contributed by atoms with Crippen LogP contribution >= 0.6 is 11.6 Å². The lowest BCUT2D eigenvalue weighted by molar-refractivity contribution is -0.146. The van der Waals surface area contributed by atoms with E-state index in [0.717, 1.165) is 0 Å². The standard InChI is InChI=1S/C14H17ClN2O4/c1-9-6-17(7-10(2)21-9)13(18)8-20-14(19)11-3-4-12(15)16-5-11/h3-5,9-10H,6-8H2,1-2H3/t9-,10+. The second kappa shape index (κ2) is 6.87. The molecule has 0 N–H and O–H groups in total. The van der Waals surface area contributed by atoms with Crippen molar-refractivity contribution in [2.24, 2.45) is 0 Å². The number of hydrogen-bond acceptors (Lipinski definition) is 5. The van der Waals surface area contributed by atoms with E-state index < -0.39 is 5.97 Å². The molecule has 21 heavy (non-hydrogen) atoms. The minimum absolute atomic E-state index is 0.0196. The number of aromatic nitrogens is 1. The number of rotatable bonds is 3. The zero-order chi connectivity index (χ0) is 15.4. The van der Waals surface area contributed by atoms with Crippen molar-refractivity contribution in [1.82, 2.24) is 9.88 Å². The molecule has 0 spiro atoms. The number of amides is 1. The molecule has 114 valence electrons. The molecular weight excluding hydrogens is 296 g/mol. The smallest absolute Gasteiger partial charge is 0.340 e. The number of nitrogens with zero attached hydrogens (tertiary/aromatic N) is 2. The van der Waals surface area contributed by atoms with Crippen LogP contribution in [0.3, 0.4) is 0 Å². The summed E-state index contributed by atoms with van der Waals surface area (Å²) in [6.07, 6.45) is 1.27. The minimum Gasteiger partial charge on any atom is -0.452 e. The molecule has 1 saturated heterocycles. The Hall–Kier alpha value is -1.66. The fraction of sp³-hybridized carbons (Fsp3) is 0.500. The molecule has 0 saturated carbocycles. The Morgan fingerprint density at radius 1 is 1.38 bits per heavy atom. The van der Waals surface area contributed by atoms with Gasteiger partial charge in [0.15, 0.2) is 6.61 Å². The number of carbonyl (C=O) groups excluding carboxylic acids is 2. The van der Waals surface area contributed by atoms with Crippen molar-refractivity contribution in [2.75, 3.05) is 19.7 Å². The van der Waals surface area contributed by atoms with Crippen LogP contribution in [0, 0.1) is 0 Å². The van der Waals surface area contributed by atoms with Gasteiger partial charge in [0.25, 0.3) is 5.91 Å². The van der Waals surface area contributed by atoms with Gasteiger partial charge in [-0.2, -0.15) is 0 Å². The number of pyridine rings is 1. The molecule has 0 aromatic carbocycles. The van der Waals surface area contributed by atoms with E-state index in [4.69, 9.17) is 21.1 Å². The molecule has 0 bridgehead atoms. The predicted molar refractivity (Wildman–Crippen MR) is 76.1 cm³/mol. The van der Waals surface area contributed by atoms with E-state index in [1.54, 1.807) is 4.90 Å². The summed E-state index contributed by atoms with van der Waals surface area (Å²) >= 11 is 5.64. The highest BCUT2D eigenvalue weighted by Gasteiger charge is 2.26. The molecule has 2 heterocycles. The van der Waals surface area contributed by atoms with Gasteiger partial charge in [-0.3, -0.25) is 4.79 Å². The van der Waals surface area contributed by atoms with Gasteiger partial charge in [0.1, 0.15) is 5.15 Å². The van der Waals surface area contributed by atoms with Gasteiger partial charge in [0.05, 0.1) is 17.8 Å². The summed E-state index contributed by atoms with van der Waals surface area (Å²) in [5.41, 5.74) is 0.260. The summed E-state index contributed by atoms with van der Waals surface area (Å²) < 4.78 is 10.5. The zero-order valence-corrected chi connectivity index (χ0v) is 12.7. The lowest BCUT2D eigenvalue weighted by Crippen LogP contribution is -2.49. The van der Waals surface area contributed by atoms with Crippen molar-refractivity contribution in [3.63, 3.8) is 0 Å². The molecule has 0 aliphatic carbocycles. The maximum Gasteiger partial charge on any atom is 0.340 e. The van der Waals surface area contributed by atoms with Gasteiger partial charge in [-0.1, -0.05) is 11.6 Å². The first-order valence-electron chi connectivity index (χ1n) is 6.67. The second-order valence-electron chi connectivity index (χ2n) is 5.00. The normalized spacial score (nSPS) is 22.0. The Kier molecular flexibility index (Phi) is 5.14. The van der Waals surface area contributed by atoms with Crippen LogP contribution in [0.5, 0.6) is 0 Å². The van der Waals surface area contributed by atoms with Crippen molar-refractivity contribution >= 4 is 23.5 Å². The summed E-state index contributed by atoms with van der Waals surface area (Å²) in [5, 5.41) is 0.291. The maximum absolute atomic E-state index is 12.0. The van der Waals surface area contributed by atoms with E-state index in [1.807, 2.05) is 13.8 Å². The van der Waals surface area contributed by atoms with Gasteiger partial charge in [0, 0.05) is 19.3 Å². The SMILES string of the molecule is C[C@@H]1CN(C(=O)COC(=O)c2ccc(Cl)nc2)C[C@H](C)O1. The van der Waals surface area contributed by atoms with E-state index >= 15 is 0 Å². The Bertz CT molecular complexity index is 510. The molecule has 6 nitrogen and oxygen atoms in total. The van der Waals surface area contributed by atoms with E-state index in [9.17, 15) is 9.59 Å². The lowest BCUT2D eigenvalue weighted by Gasteiger charge is -2.35. The van der Waals surface area contributed by atoms with Gasteiger partial charge in [-0.15, -0.1) is 0 Å². The third kappa shape index (κ3) is 4.41. The number of esters is 1. The topological polar surface area (TPSA) is 68.7 Å². The lowest BCUT2D eigenvalue weighted by atomic mass is 10.2. The summed E-state index contributed by atoms with van der Waals surface area (Å²) in [4.78, 5) is 29.2. The van der Waals surface area contributed by atoms with Crippen molar-refractivity contribution in [3.05, 3.63) is 29.0 Å². The second-order valence-corrected chi connectivity index (χ2v) is 5.39. The monoisotopic (exact) mass is 312 g/mol. The first-order valence-corrected chi connectivity index (χ1v) is 7.05. The number of morpholine rings is 1. The van der Waals surface area contributed by atoms with Crippen molar-refractivity contribution < 1.29 is 19.1 Å². The molecule has 0 radical (unpaired) electrons. The average molecular weight is 313 g/mol. The predicted octanol–water partition coefficient (Wildman–Crippen LogP) is 1.53. The van der Waals surface area contributed by atoms with Crippen LogP contribution in [0.2, 0.25) is 5.15 Å². The first kappa shape index (κ1) is 15.7. The highest BCUT2D eigenvalue weighted by molar-refractivity contribution is 6.29. The molecule has 1 fully saturated rings. The van der Waals surface area contributed by atoms with Crippen LogP contribution in [0.1, 0.15) is 24.2 Å². The van der Waals surface area contributed by atoms with Crippen molar-refractivity contribution in [3.8, 4) is 0 Å². The molecule has 1 aromatic rings. The Morgan fingerprint density at radius 2 is 2.05 bits per heavy atom. The highest BCUT2D eigenvalue weighted by atomic mass is 35.5. The number of ether oxygens (including phenoxy) is 2. The quantitative estimate of drug-likeness (QED) is 0.625. The Morgan fingerprint density at radius 3 is 2.62 bits per heavy atom. The van der Waals surface area contributed by atoms with Gasteiger partial charge >= 0.3 is 5.97 Å². The molecule has 2 rings (SSSR count). The fourth-order valence-corrected chi connectivity index (χ4v) is 2.29. The number of halogens is 1. The van der Waals surface area contributed by atoms with E-state index in [1.165, 1.54) is 18.3 Å². The van der Waals surface area contributed by atoms with Gasteiger partial charge in [-0.05, 0) is 26.0 Å². The van der Waals surface area contributed by atoms with E-state index in [-0.39, 0.29) is 30.3 Å². The van der Waals surface area contributed by atoms with Crippen molar-refractivity contribution in [2.45, 2.75) is 26.1 Å². The van der Waals surface area contributed by atoms with Crippen LogP contribution in [0.25, 0.3) is 0 Å². The number of carbonyl (C=O) groups is 2. The third-order valence-corrected chi connectivity index (χ3v) is 3.29. The summed E-state index contributed by atoms with van der Waals surface area (Å²) in [6.45, 7) is 4.52. The van der Waals surface area contributed by atoms with Crippen molar-refractivity contribution in [1.29, 1.82) is 0 Å². The maximum atomic E-state index is 12.0. The molecule has 1 amide bonds. The van der Waals surface area contributed by atoms with Gasteiger partial charge in [-0.25, -0.2) is 9.78 Å². The van der Waals surface area contributed by atoms with Crippen LogP contribution < -0.4 is 0 Å². The van der Waals surface area contributed by atoms with E-state index in [2.05, 4.69) is 4.98 Å². The van der Waals surface area contributed by atoms with Gasteiger partial charge < -0.3 is 14.4 Å². The number of hydrogen-bond donors (Lipinski definition) is 0. The average Bonchev–Trinajstić information content (AvgIpc) is 2.44. The van der Waals surface area contributed by atoms with Crippen LogP contribution in [-0.2, 0) is 14.3 Å². The molecule has 2 atom stereocenters. The molecule has 1 aliphatic rings. The summed E-state index contributed by atoms with van der Waals surface area (Å²) in [6, 6.07) is 2.99. The molecule has 7 heteroatoms. The summed E-state index contributed by atoms with van der Waals surface area (Å²) in [7, 11) is 0. The highest BCUT2D eigenvalue weighted by Crippen LogP contribution is 2.11. The Balaban J connectivity index is 1.86. The Labute approximate surface area is 128 Å². The first-order chi connectivity index (χ1) is 9.95. The zero-order valence-electron chi connectivity index (χ0n) is 11.9. The van der Waals surface area contributed by atoms with Crippen LogP contribution in [-0.4, -0.2) is 53.7 Å². The van der Waals surface area contributed by atoms with Gasteiger partial charge in [0.2, 0.25) is 0 Å². The molecule has 0 unspecified atom stereocenters. The summed E-state index contributed by atoms with van der Waals surface area (Å²) in [5.74, 6) is -0.825. The molecule has 1 aliphatic heterocycles. The third-order valence-electron chi connectivity index (χ3n) is 3.06. The molecule has 1 aromatic heterocycles. The van der Waals surface area contributed by atoms with E-state index in [0.29, 0.717) is 18.2 Å². The largest absolute Gasteiger partial charge is 0.452 e. The van der Waals surface area contributed by atoms with Crippen LogP contribution in [0.15, 0.2) is 18.3 Å². The van der Waals surface area contributed by atoms with Crippen LogP contribution in [0.4, 0.5) is 0 Å². The minimum atomic E-state index is -0.595. The molecular formula is C14H17ClN2O4. The fourth-order valence-electron chi connectivity index (χ4n) is 2.18.